The second-order valence-electron chi connectivity index (χ2n) is 6.34. The molecule has 0 bridgehead atoms. The normalized spacial score (nSPS) is 20.6. The summed E-state index contributed by atoms with van der Waals surface area (Å²) in [6.45, 7) is 4.55. The molecule has 1 aliphatic carbocycles. The minimum absolute atomic E-state index is 0.203. The maximum absolute atomic E-state index is 5.94. The second kappa shape index (κ2) is 5.02. The van der Waals surface area contributed by atoms with Crippen molar-refractivity contribution >= 4 is 5.69 Å². The Labute approximate surface area is 124 Å². The highest BCUT2D eigenvalue weighted by Gasteiger charge is 2.38. The SMILES string of the molecule is COc1cc(N)cc(-c2nnnn2C2CCCC2(C)C)c1. The highest BCUT2D eigenvalue weighted by atomic mass is 16.5. The number of anilines is 1. The number of hydrogen-bond acceptors (Lipinski definition) is 5. The smallest absolute Gasteiger partial charge is 0.182 e. The molecule has 0 aliphatic heterocycles. The van der Waals surface area contributed by atoms with Gasteiger partial charge in [0.2, 0.25) is 0 Å². The van der Waals surface area contributed by atoms with E-state index in [-0.39, 0.29) is 5.41 Å². The lowest BCUT2D eigenvalue weighted by Crippen LogP contribution is -2.23. The molecule has 0 spiro atoms. The van der Waals surface area contributed by atoms with Crippen LogP contribution in [0.4, 0.5) is 5.69 Å². The Bertz CT molecular complexity index is 649. The van der Waals surface area contributed by atoms with Crippen LogP contribution in [0.2, 0.25) is 0 Å². The van der Waals surface area contributed by atoms with Gasteiger partial charge in [-0.3, -0.25) is 0 Å². The van der Waals surface area contributed by atoms with Gasteiger partial charge in [-0.05, 0) is 40.8 Å². The lowest BCUT2D eigenvalue weighted by molar-refractivity contribution is 0.242. The Morgan fingerprint density at radius 1 is 1.33 bits per heavy atom. The molecule has 3 rings (SSSR count). The molecule has 0 amide bonds. The van der Waals surface area contributed by atoms with Crippen LogP contribution in [0.25, 0.3) is 11.4 Å². The Morgan fingerprint density at radius 3 is 2.81 bits per heavy atom. The van der Waals surface area contributed by atoms with Crippen LogP contribution in [-0.2, 0) is 0 Å². The van der Waals surface area contributed by atoms with Gasteiger partial charge < -0.3 is 10.5 Å². The van der Waals surface area contributed by atoms with E-state index in [4.69, 9.17) is 10.5 Å². The number of methoxy groups -OCH3 is 1. The molecule has 0 radical (unpaired) electrons. The molecule has 1 saturated carbocycles. The molecule has 6 heteroatoms. The summed E-state index contributed by atoms with van der Waals surface area (Å²) in [4.78, 5) is 0. The molecule has 1 aromatic carbocycles. The molecule has 112 valence electrons. The number of benzene rings is 1. The number of nitrogens with two attached hydrogens (primary N) is 1. The zero-order valence-electron chi connectivity index (χ0n) is 12.7. The van der Waals surface area contributed by atoms with Crippen molar-refractivity contribution in [3.05, 3.63) is 18.2 Å². The zero-order valence-corrected chi connectivity index (χ0v) is 12.7. The van der Waals surface area contributed by atoms with Crippen LogP contribution in [0.5, 0.6) is 5.75 Å². The first-order chi connectivity index (χ1) is 10.0. The topological polar surface area (TPSA) is 78.8 Å². The average molecular weight is 287 g/mol. The standard InChI is InChI=1S/C15H21N5O/c1-15(2)6-4-5-13(15)20-14(17-18-19-20)10-7-11(16)9-12(8-10)21-3/h7-9,13H,4-6,16H2,1-3H3. The van der Waals surface area contributed by atoms with Crippen LogP contribution in [0.1, 0.15) is 39.2 Å². The summed E-state index contributed by atoms with van der Waals surface area (Å²) in [6, 6.07) is 5.90. The van der Waals surface area contributed by atoms with E-state index in [1.165, 1.54) is 12.8 Å². The average Bonchev–Trinajstić information content (AvgIpc) is 3.03. The van der Waals surface area contributed by atoms with Crippen molar-refractivity contribution in [3.8, 4) is 17.1 Å². The van der Waals surface area contributed by atoms with Gasteiger partial charge in [-0.2, -0.15) is 0 Å². The number of nitrogens with zero attached hydrogens (tertiary/aromatic N) is 4. The van der Waals surface area contributed by atoms with Gasteiger partial charge in [0.15, 0.2) is 5.82 Å². The molecule has 21 heavy (non-hydrogen) atoms. The van der Waals surface area contributed by atoms with Crippen LogP contribution >= 0.6 is 0 Å². The minimum atomic E-state index is 0.203. The lowest BCUT2D eigenvalue weighted by atomic mass is 9.87. The van der Waals surface area contributed by atoms with Crippen LogP contribution in [0, 0.1) is 5.41 Å². The molecule has 1 fully saturated rings. The maximum atomic E-state index is 5.94. The number of hydrogen-bond donors (Lipinski definition) is 1. The predicted molar refractivity (Wildman–Crippen MR) is 80.9 cm³/mol. The van der Waals surface area contributed by atoms with Crippen LogP contribution in [-0.4, -0.2) is 27.3 Å². The number of rotatable bonds is 3. The molecule has 1 aliphatic rings. The van der Waals surface area contributed by atoms with Gasteiger partial charge in [0.1, 0.15) is 5.75 Å². The molecular weight excluding hydrogens is 266 g/mol. The van der Waals surface area contributed by atoms with Gasteiger partial charge in [0.05, 0.1) is 13.2 Å². The fourth-order valence-electron chi connectivity index (χ4n) is 3.22. The molecule has 1 atom stereocenters. The van der Waals surface area contributed by atoms with E-state index < -0.39 is 0 Å². The molecule has 0 saturated heterocycles. The Hall–Kier alpha value is -2.11. The lowest BCUT2D eigenvalue weighted by Gasteiger charge is -2.27. The molecule has 1 unspecified atom stereocenters. The first-order valence-electron chi connectivity index (χ1n) is 7.24. The molecule has 1 aromatic heterocycles. The summed E-state index contributed by atoms with van der Waals surface area (Å²) in [5.41, 5.74) is 7.67. The Balaban J connectivity index is 2.05. The van der Waals surface area contributed by atoms with Gasteiger partial charge in [0.25, 0.3) is 0 Å². The second-order valence-corrected chi connectivity index (χ2v) is 6.34. The Morgan fingerprint density at radius 2 is 2.14 bits per heavy atom. The number of nitrogen functional groups attached to an aromatic ring is 1. The fourth-order valence-corrected chi connectivity index (χ4v) is 3.22. The first kappa shape index (κ1) is 13.9. The molecule has 2 N–H and O–H groups in total. The summed E-state index contributed by atoms with van der Waals surface area (Å²) in [5.74, 6) is 1.46. The molecule has 6 nitrogen and oxygen atoms in total. The van der Waals surface area contributed by atoms with Gasteiger partial charge in [-0.15, -0.1) is 5.10 Å². The monoisotopic (exact) mass is 287 g/mol. The van der Waals surface area contributed by atoms with Crippen molar-refractivity contribution in [1.82, 2.24) is 20.2 Å². The summed E-state index contributed by atoms with van der Waals surface area (Å²) in [6.07, 6.45) is 3.50. The summed E-state index contributed by atoms with van der Waals surface area (Å²) in [5, 5.41) is 12.3. The van der Waals surface area contributed by atoms with Crippen molar-refractivity contribution < 1.29 is 4.74 Å². The third-order valence-corrected chi connectivity index (χ3v) is 4.41. The molecule has 2 aromatic rings. The minimum Gasteiger partial charge on any atom is -0.497 e. The van der Waals surface area contributed by atoms with Gasteiger partial charge in [0, 0.05) is 17.3 Å². The highest BCUT2D eigenvalue weighted by molar-refractivity contribution is 5.64. The number of ether oxygens (including phenoxy) is 1. The summed E-state index contributed by atoms with van der Waals surface area (Å²) in [7, 11) is 1.63. The largest absolute Gasteiger partial charge is 0.497 e. The number of aromatic nitrogens is 4. The van der Waals surface area contributed by atoms with Gasteiger partial charge >= 0.3 is 0 Å². The first-order valence-corrected chi connectivity index (χ1v) is 7.24. The predicted octanol–water partition coefficient (Wildman–Crippen LogP) is 2.68. The van der Waals surface area contributed by atoms with Crippen LogP contribution in [0.3, 0.4) is 0 Å². The Kier molecular flexibility index (Phi) is 3.31. The fraction of sp³-hybridized carbons (Fsp3) is 0.533. The van der Waals surface area contributed by atoms with Crippen molar-refractivity contribution in [2.75, 3.05) is 12.8 Å². The van der Waals surface area contributed by atoms with Crippen molar-refractivity contribution in [1.29, 1.82) is 0 Å². The molecule has 1 heterocycles. The quantitative estimate of drug-likeness (QED) is 0.878. The molecular formula is C15H21N5O. The van der Waals surface area contributed by atoms with E-state index in [1.807, 2.05) is 16.8 Å². The zero-order chi connectivity index (χ0) is 15.0. The summed E-state index contributed by atoms with van der Waals surface area (Å²) < 4.78 is 7.23. The van der Waals surface area contributed by atoms with Crippen molar-refractivity contribution in [2.24, 2.45) is 5.41 Å². The van der Waals surface area contributed by atoms with E-state index in [0.717, 1.165) is 17.8 Å². The van der Waals surface area contributed by atoms with Crippen molar-refractivity contribution in [2.45, 2.75) is 39.2 Å². The van der Waals surface area contributed by atoms with E-state index in [1.54, 1.807) is 13.2 Å². The van der Waals surface area contributed by atoms with Crippen LogP contribution in [0.15, 0.2) is 18.2 Å². The van der Waals surface area contributed by atoms with Gasteiger partial charge in [-0.1, -0.05) is 20.3 Å². The van der Waals surface area contributed by atoms with E-state index >= 15 is 0 Å². The van der Waals surface area contributed by atoms with Crippen LogP contribution < -0.4 is 10.5 Å². The highest BCUT2D eigenvalue weighted by Crippen LogP contribution is 2.46. The third kappa shape index (κ3) is 2.46. The van der Waals surface area contributed by atoms with E-state index in [0.29, 0.717) is 17.5 Å². The van der Waals surface area contributed by atoms with Gasteiger partial charge in [-0.25, -0.2) is 4.68 Å². The number of tetrazole rings is 1. The van der Waals surface area contributed by atoms with E-state index in [9.17, 15) is 0 Å². The van der Waals surface area contributed by atoms with Crippen molar-refractivity contribution in [3.63, 3.8) is 0 Å². The third-order valence-electron chi connectivity index (χ3n) is 4.41. The maximum Gasteiger partial charge on any atom is 0.182 e. The van der Waals surface area contributed by atoms with E-state index in [2.05, 4.69) is 29.4 Å². The summed E-state index contributed by atoms with van der Waals surface area (Å²) >= 11 is 0.